The summed E-state index contributed by atoms with van der Waals surface area (Å²) in [5.74, 6) is -1.13. The number of amides is 1. The number of carbonyl (C=O) groups is 2. The predicted octanol–water partition coefficient (Wildman–Crippen LogP) is 5.91. The third-order valence-electron chi connectivity index (χ3n) is 7.18. The number of hydrogen-bond donors (Lipinski definition) is 3. The van der Waals surface area contributed by atoms with E-state index in [9.17, 15) is 19.8 Å². The van der Waals surface area contributed by atoms with E-state index in [-0.39, 0.29) is 34.2 Å². The summed E-state index contributed by atoms with van der Waals surface area (Å²) in [6.07, 6.45) is 0. The number of aliphatic hydroxyl groups excluding tert-OH is 1. The summed E-state index contributed by atoms with van der Waals surface area (Å²) in [5.41, 5.74) is 3.53. The number of methoxy groups -OCH3 is 1. The second kappa shape index (κ2) is 10.3. The zero-order valence-corrected chi connectivity index (χ0v) is 23.9. The first-order valence-electron chi connectivity index (χ1n) is 13.4. The number of ketones is 1. The Morgan fingerprint density at radius 2 is 1.80 bits per heavy atom. The number of benzene rings is 3. The summed E-state index contributed by atoms with van der Waals surface area (Å²) in [7, 11) is 1.57. The molecule has 9 nitrogen and oxygen atoms in total. The van der Waals surface area contributed by atoms with Crippen LogP contribution in [0.15, 0.2) is 60.2 Å². The number of Topliss-reactive ketones (excluding diaryl/α,β-unsaturated/α-hetero) is 1. The van der Waals surface area contributed by atoms with Crippen LogP contribution in [-0.4, -0.2) is 45.6 Å². The van der Waals surface area contributed by atoms with Crippen LogP contribution >= 0.6 is 0 Å². The number of phenols is 1. The molecule has 0 bridgehead atoms. The maximum atomic E-state index is 13.7. The van der Waals surface area contributed by atoms with Crippen molar-refractivity contribution in [3.63, 3.8) is 0 Å². The molecule has 0 spiro atoms. The number of nitrogens with one attached hydrogen (secondary N) is 1. The fraction of sp³-hybridized carbons (Fsp3) is 0.281. The molecule has 1 aliphatic heterocycles. The summed E-state index contributed by atoms with van der Waals surface area (Å²) >= 11 is 0. The topological polar surface area (TPSA) is 125 Å². The Balaban J connectivity index is 1.75. The number of aromatic hydroxyl groups is 1. The van der Waals surface area contributed by atoms with Gasteiger partial charge in [-0.3, -0.25) is 14.5 Å². The highest BCUT2D eigenvalue weighted by Gasteiger charge is 2.48. The Morgan fingerprint density at radius 3 is 2.49 bits per heavy atom. The van der Waals surface area contributed by atoms with Gasteiger partial charge in [-0.2, -0.15) is 0 Å². The van der Waals surface area contributed by atoms with Crippen molar-refractivity contribution in [2.24, 2.45) is 0 Å². The molecule has 1 atom stereocenters. The number of imidazole rings is 1. The summed E-state index contributed by atoms with van der Waals surface area (Å²) in [6.45, 7) is 10.1. The van der Waals surface area contributed by atoms with Crippen molar-refractivity contribution in [2.75, 3.05) is 18.6 Å². The molecule has 1 amide bonds. The molecule has 0 aliphatic carbocycles. The lowest BCUT2D eigenvalue weighted by Crippen LogP contribution is -2.30. The lowest BCUT2D eigenvalue weighted by Gasteiger charge is -2.25. The van der Waals surface area contributed by atoms with E-state index in [2.05, 4.69) is 9.97 Å². The number of hydrogen-bond acceptors (Lipinski definition) is 7. The number of aromatic nitrogens is 2. The van der Waals surface area contributed by atoms with Gasteiger partial charge in [0, 0.05) is 11.1 Å². The number of ether oxygens (including phenoxy) is 2. The number of aryl methyl sites for hydroxylation is 1. The maximum Gasteiger partial charge on any atom is 0.302 e. The molecule has 4 aromatic rings. The van der Waals surface area contributed by atoms with Crippen molar-refractivity contribution in [1.29, 1.82) is 0 Å². The predicted molar refractivity (Wildman–Crippen MR) is 157 cm³/mol. The number of carbonyl (C=O) groups excluding carboxylic acids is 2. The summed E-state index contributed by atoms with van der Waals surface area (Å²) in [5, 5.41) is 22.1. The monoisotopic (exact) mass is 555 g/mol. The Bertz CT molecular complexity index is 1710. The zero-order valence-electron chi connectivity index (χ0n) is 23.9. The third-order valence-corrected chi connectivity index (χ3v) is 7.18. The van der Waals surface area contributed by atoms with Crippen LogP contribution in [0, 0.1) is 6.92 Å². The Hall–Kier alpha value is -4.79. The minimum atomic E-state index is -1.06. The first kappa shape index (κ1) is 27.8. The van der Waals surface area contributed by atoms with Gasteiger partial charge in [0.15, 0.2) is 11.5 Å². The van der Waals surface area contributed by atoms with Crippen molar-refractivity contribution in [3.05, 3.63) is 82.4 Å². The molecule has 1 saturated heterocycles. The Labute approximate surface area is 238 Å². The van der Waals surface area contributed by atoms with Gasteiger partial charge >= 0.3 is 5.91 Å². The first-order chi connectivity index (χ1) is 19.4. The van der Waals surface area contributed by atoms with E-state index in [4.69, 9.17) is 9.47 Å². The molecule has 0 radical (unpaired) electrons. The van der Waals surface area contributed by atoms with E-state index < -0.39 is 17.7 Å². The smallest absolute Gasteiger partial charge is 0.302 e. The molecule has 41 heavy (non-hydrogen) atoms. The molecule has 1 aromatic heterocycles. The molecule has 2 heterocycles. The minimum absolute atomic E-state index is 0.0864. The molecule has 212 valence electrons. The van der Waals surface area contributed by atoms with Gasteiger partial charge in [-0.1, -0.05) is 32.9 Å². The van der Waals surface area contributed by atoms with Crippen LogP contribution in [0.3, 0.4) is 0 Å². The Kier molecular flexibility index (Phi) is 6.98. The van der Waals surface area contributed by atoms with Crippen molar-refractivity contribution >= 4 is 34.4 Å². The highest BCUT2D eigenvalue weighted by atomic mass is 16.5. The summed E-state index contributed by atoms with van der Waals surface area (Å²) < 4.78 is 11.1. The highest BCUT2D eigenvalue weighted by molar-refractivity contribution is 6.51. The number of anilines is 1. The van der Waals surface area contributed by atoms with E-state index >= 15 is 0 Å². The standard InChI is InChI=1S/C32H33N3O6/c1-7-41-25-16-18(9-12-23(25)36)27-26(28(37)19-10-13-24(40-6)20(15-19)32(3,4)5)29(38)30(39)35(27)31-33-21-11-8-17(2)14-22(21)34-31/h8-16,27,36-37H,7H2,1-6H3,(H,33,34)/b28-26+. The van der Waals surface area contributed by atoms with Crippen LogP contribution in [0.2, 0.25) is 0 Å². The number of nitrogens with zero attached hydrogens (tertiary/aromatic N) is 2. The van der Waals surface area contributed by atoms with Crippen molar-refractivity contribution in [3.8, 4) is 17.2 Å². The molecule has 5 rings (SSSR count). The number of aromatic amines is 1. The summed E-state index contributed by atoms with van der Waals surface area (Å²) in [6, 6.07) is 14.3. The molecule has 1 fully saturated rings. The molecular weight excluding hydrogens is 522 g/mol. The minimum Gasteiger partial charge on any atom is -0.507 e. The number of rotatable bonds is 6. The fourth-order valence-electron chi connectivity index (χ4n) is 5.16. The van der Waals surface area contributed by atoms with Gasteiger partial charge in [0.2, 0.25) is 5.95 Å². The van der Waals surface area contributed by atoms with Gasteiger partial charge in [-0.15, -0.1) is 0 Å². The number of H-pyrrole nitrogens is 1. The zero-order chi connectivity index (χ0) is 29.6. The first-order valence-corrected chi connectivity index (χ1v) is 13.4. The maximum absolute atomic E-state index is 13.7. The van der Waals surface area contributed by atoms with Crippen molar-refractivity contribution < 1.29 is 29.3 Å². The molecular formula is C32H33N3O6. The molecule has 1 unspecified atom stereocenters. The molecule has 9 heteroatoms. The van der Waals surface area contributed by atoms with Crippen LogP contribution in [0.4, 0.5) is 5.95 Å². The van der Waals surface area contributed by atoms with Gasteiger partial charge in [-0.25, -0.2) is 4.98 Å². The molecule has 1 aliphatic rings. The Morgan fingerprint density at radius 1 is 1.05 bits per heavy atom. The van der Waals surface area contributed by atoms with Crippen molar-refractivity contribution in [1.82, 2.24) is 9.97 Å². The second-order valence-corrected chi connectivity index (χ2v) is 11.1. The van der Waals surface area contributed by atoms with Gasteiger partial charge < -0.3 is 24.7 Å². The van der Waals surface area contributed by atoms with Crippen molar-refractivity contribution in [2.45, 2.75) is 46.1 Å². The van der Waals surface area contributed by atoms with Crippen LogP contribution in [0.1, 0.15) is 56.0 Å². The molecule has 3 aromatic carbocycles. The van der Waals surface area contributed by atoms with E-state index in [0.717, 1.165) is 11.1 Å². The molecule has 3 N–H and O–H groups in total. The quantitative estimate of drug-likeness (QED) is 0.153. The number of aliphatic hydroxyl groups is 1. The van der Waals surface area contributed by atoms with Gasteiger partial charge in [0.05, 0.1) is 36.4 Å². The van der Waals surface area contributed by atoms with Crippen LogP contribution in [0.5, 0.6) is 17.2 Å². The number of phenolic OH excluding ortho intramolecular Hbond substituents is 1. The van der Waals surface area contributed by atoms with Gasteiger partial charge in [0.1, 0.15) is 11.5 Å². The molecule has 0 saturated carbocycles. The fourth-order valence-corrected chi connectivity index (χ4v) is 5.16. The second-order valence-electron chi connectivity index (χ2n) is 11.1. The van der Waals surface area contributed by atoms with Crippen LogP contribution < -0.4 is 14.4 Å². The largest absolute Gasteiger partial charge is 0.507 e. The van der Waals surface area contributed by atoms with E-state index in [1.54, 1.807) is 44.4 Å². The van der Waals surface area contributed by atoms with Crippen LogP contribution in [0.25, 0.3) is 16.8 Å². The van der Waals surface area contributed by atoms with Crippen LogP contribution in [-0.2, 0) is 15.0 Å². The van der Waals surface area contributed by atoms with E-state index in [0.29, 0.717) is 34.5 Å². The highest BCUT2D eigenvalue weighted by Crippen LogP contribution is 2.44. The average Bonchev–Trinajstić information content (AvgIpc) is 3.46. The lowest BCUT2D eigenvalue weighted by atomic mass is 9.84. The third kappa shape index (κ3) is 4.88. The lowest BCUT2D eigenvalue weighted by molar-refractivity contribution is -0.132. The summed E-state index contributed by atoms with van der Waals surface area (Å²) in [4.78, 5) is 36.4. The van der Waals surface area contributed by atoms with E-state index in [1.165, 1.54) is 11.0 Å². The van der Waals surface area contributed by atoms with Gasteiger partial charge in [-0.05, 0) is 72.9 Å². The average molecular weight is 556 g/mol. The normalized spacial score (nSPS) is 16.9. The number of fused-ring (bicyclic) bond motifs is 1. The SMILES string of the molecule is CCOc1cc(C2/C(=C(\O)c3ccc(OC)c(C(C)(C)C)c3)C(=O)C(=O)N2c2nc3ccc(C)cc3[nH]2)ccc1O. The van der Waals surface area contributed by atoms with E-state index in [1.807, 2.05) is 45.9 Å². The van der Waals surface area contributed by atoms with Gasteiger partial charge in [0.25, 0.3) is 5.78 Å².